The van der Waals surface area contributed by atoms with Crippen molar-refractivity contribution in [2.75, 3.05) is 18.0 Å². The molecule has 0 unspecified atom stereocenters. The van der Waals surface area contributed by atoms with E-state index in [9.17, 15) is 5.26 Å². The van der Waals surface area contributed by atoms with Gasteiger partial charge in [0.2, 0.25) is 0 Å². The van der Waals surface area contributed by atoms with Gasteiger partial charge in [0.15, 0.2) is 0 Å². The third-order valence-corrected chi connectivity index (χ3v) is 5.60. The third-order valence-electron chi connectivity index (χ3n) is 4.81. The van der Waals surface area contributed by atoms with Crippen molar-refractivity contribution >= 4 is 33.2 Å². The van der Waals surface area contributed by atoms with Crippen LogP contribution in [0.5, 0.6) is 0 Å². The Morgan fingerprint density at radius 2 is 1.59 bits per heavy atom. The van der Waals surface area contributed by atoms with Crippen LogP contribution in [0.4, 0.5) is 5.69 Å². The molecule has 1 aliphatic rings. The van der Waals surface area contributed by atoms with Crippen LogP contribution >= 0.6 is 27.5 Å². The van der Waals surface area contributed by atoms with Gasteiger partial charge in [-0.3, -0.25) is 0 Å². The molecule has 5 heteroatoms. The molecule has 0 atom stereocenters. The van der Waals surface area contributed by atoms with Gasteiger partial charge in [0.25, 0.3) is 0 Å². The molecule has 0 radical (unpaired) electrons. The number of aromatic nitrogens is 1. The maximum Gasteiger partial charge on any atom is 0.104 e. The van der Waals surface area contributed by atoms with Gasteiger partial charge >= 0.3 is 0 Å². The van der Waals surface area contributed by atoms with Crippen molar-refractivity contribution in [3.05, 3.63) is 69.7 Å². The number of hydrogen-bond donors (Lipinski definition) is 0. The summed E-state index contributed by atoms with van der Waals surface area (Å²) < 4.78 is 0.998. The topological polar surface area (TPSA) is 39.9 Å². The largest absolute Gasteiger partial charge is 0.370 e. The lowest BCUT2D eigenvalue weighted by Crippen LogP contribution is -2.19. The first-order valence-electron chi connectivity index (χ1n) is 8.87. The van der Waals surface area contributed by atoms with Gasteiger partial charge < -0.3 is 4.90 Å². The van der Waals surface area contributed by atoms with Crippen molar-refractivity contribution in [1.82, 2.24) is 4.98 Å². The Morgan fingerprint density at radius 3 is 2.22 bits per heavy atom. The van der Waals surface area contributed by atoms with E-state index in [1.54, 1.807) is 0 Å². The van der Waals surface area contributed by atoms with E-state index in [2.05, 4.69) is 26.9 Å². The van der Waals surface area contributed by atoms with Crippen LogP contribution in [-0.4, -0.2) is 18.1 Å². The van der Waals surface area contributed by atoms with Gasteiger partial charge in [-0.2, -0.15) is 5.26 Å². The summed E-state index contributed by atoms with van der Waals surface area (Å²) in [5.41, 5.74) is 5.10. The Morgan fingerprint density at radius 1 is 0.963 bits per heavy atom. The lowest BCUT2D eigenvalue weighted by molar-refractivity contribution is 0.949. The van der Waals surface area contributed by atoms with Crippen LogP contribution in [-0.2, 0) is 0 Å². The van der Waals surface area contributed by atoms with Crippen LogP contribution in [0.3, 0.4) is 0 Å². The quantitative estimate of drug-likeness (QED) is 0.481. The maximum atomic E-state index is 9.93. The van der Waals surface area contributed by atoms with E-state index in [1.165, 1.54) is 0 Å². The second kappa shape index (κ2) is 7.72. The van der Waals surface area contributed by atoms with E-state index in [-0.39, 0.29) is 0 Å². The average molecular weight is 439 g/mol. The summed E-state index contributed by atoms with van der Waals surface area (Å²) in [4.78, 5) is 7.16. The fourth-order valence-corrected chi connectivity index (χ4v) is 3.82. The molecular weight excluding hydrogens is 422 g/mol. The minimum Gasteiger partial charge on any atom is -0.370 e. The molecule has 1 aliphatic heterocycles. The normalized spacial score (nSPS) is 13.6. The molecule has 1 saturated heterocycles. The van der Waals surface area contributed by atoms with Crippen LogP contribution in [0, 0.1) is 11.3 Å². The molecule has 2 heterocycles. The molecule has 3 aromatic rings. The second-order valence-corrected chi connectivity index (χ2v) is 7.92. The lowest BCUT2D eigenvalue weighted by Gasteiger charge is -2.22. The van der Waals surface area contributed by atoms with Crippen molar-refractivity contribution in [1.29, 1.82) is 5.26 Å². The highest BCUT2D eigenvalue weighted by Crippen LogP contribution is 2.35. The molecule has 0 amide bonds. The number of nitriles is 1. The van der Waals surface area contributed by atoms with E-state index in [0.717, 1.165) is 58.6 Å². The minimum atomic E-state index is 0.636. The number of halogens is 2. The highest BCUT2D eigenvalue weighted by Gasteiger charge is 2.21. The molecule has 2 aromatic carbocycles. The smallest absolute Gasteiger partial charge is 0.104 e. The zero-order valence-electron chi connectivity index (χ0n) is 14.6. The zero-order valence-corrected chi connectivity index (χ0v) is 17.0. The Labute approximate surface area is 172 Å². The van der Waals surface area contributed by atoms with Crippen LogP contribution in [0.25, 0.3) is 22.5 Å². The highest BCUT2D eigenvalue weighted by molar-refractivity contribution is 9.10. The van der Waals surface area contributed by atoms with Crippen LogP contribution in [0.2, 0.25) is 5.02 Å². The van der Waals surface area contributed by atoms with Gasteiger partial charge in [0.1, 0.15) is 11.6 Å². The van der Waals surface area contributed by atoms with Crippen molar-refractivity contribution < 1.29 is 0 Å². The maximum absolute atomic E-state index is 9.93. The van der Waals surface area contributed by atoms with E-state index < -0.39 is 0 Å². The molecule has 0 saturated carbocycles. The molecule has 0 N–H and O–H groups in total. The summed E-state index contributed by atoms with van der Waals surface area (Å²) >= 11 is 9.52. The molecule has 0 aliphatic carbocycles. The number of hydrogen-bond acceptors (Lipinski definition) is 3. The summed E-state index contributed by atoms with van der Waals surface area (Å²) in [6.45, 7) is 1.94. The molecule has 3 nitrogen and oxygen atoms in total. The Kier molecular flexibility index (Phi) is 5.15. The van der Waals surface area contributed by atoms with Crippen LogP contribution in [0.15, 0.2) is 59.1 Å². The number of rotatable bonds is 3. The predicted octanol–water partition coefficient (Wildman–Crippen LogP) is 6.30. The second-order valence-electron chi connectivity index (χ2n) is 6.57. The van der Waals surface area contributed by atoms with Crippen molar-refractivity contribution in [2.24, 2.45) is 0 Å². The van der Waals surface area contributed by atoms with Gasteiger partial charge in [-0.15, -0.1) is 0 Å². The number of pyridine rings is 1. The van der Waals surface area contributed by atoms with Crippen molar-refractivity contribution in [3.63, 3.8) is 0 Å². The summed E-state index contributed by atoms with van der Waals surface area (Å²) in [5, 5.41) is 10.6. The first kappa shape index (κ1) is 18.0. The molecule has 0 bridgehead atoms. The molecule has 27 heavy (non-hydrogen) atoms. The standard InChI is InChI=1S/C22H17BrClN3/c23-17-7-3-16(4-8-17)22-19(14-25)21(27-11-1-2-12-27)13-20(26-22)15-5-9-18(24)10-6-15/h3-10,13H,1-2,11-12H2. The Balaban J connectivity index is 1.93. The summed E-state index contributed by atoms with van der Waals surface area (Å²) in [6.07, 6.45) is 2.30. The number of anilines is 1. The minimum absolute atomic E-state index is 0.636. The summed E-state index contributed by atoms with van der Waals surface area (Å²) in [6, 6.07) is 20.0. The predicted molar refractivity (Wildman–Crippen MR) is 114 cm³/mol. The first-order valence-corrected chi connectivity index (χ1v) is 10.0. The Hall–Kier alpha value is -2.35. The molecule has 1 fully saturated rings. The van der Waals surface area contributed by atoms with E-state index in [4.69, 9.17) is 16.6 Å². The third kappa shape index (κ3) is 3.71. The Bertz CT molecular complexity index is 1000. The average Bonchev–Trinajstić information content (AvgIpc) is 3.23. The van der Waals surface area contributed by atoms with Crippen LogP contribution in [0.1, 0.15) is 18.4 Å². The fraction of sp³-hybridized carbons (Fsp3) is 0.182. The van der Waals surface area contributed by atoms with Crippen LogP contribution < -0.4 is 4.90 Å². The van der Waals surface area contributed by atoms with E-state index in [1.807, 2.05) is 54.6 Å². The first-order chi connectivity index (χ1) is 13.2. The molecule has 4 rings (SSSR count). The van der Waals surface area contributed by atoms with Gasteiger partial charge in [-0.05, 0) is 43.2 Å². The molecule has 0 spiro atoms. The van der Waals surface area contributed by atoms with Gasteiger partial charge in [0, 0.05) is 33.7 Å². The lowest BCUT2D eigenvalue weighted by atomic mass is 10.0. The SMILES string of the molecule is N#Cc1c(N2CCCC2)cc(-c2ccc(Cl)cc2)nc1-c1ccc(Br)cc1. The van der Waals surface area contributed by atoms with Gasteiger partial charge in [-0.25, -0.2) is 4.98 Å². The van der Waals surface area contributed by atoms with Crippen molar-refractivity contribution in [3.8, 4) is 28.6 Å². The molecule has 134 valence electrons. The van der Waals surface area contributed by atoms with E-state index in [0.29, 0.717) is 10.6 Å². The zero-order chi connectivity index (χ0) is 18.8. The number of nitrogens with zero attached hydrogens (tertiary/aromatic N) is 3. The van der Waals surface area contributed by atoms with Gasteiger partial charge in [0.05, 0.1) is 17.1 Å². The molecular formula is C22H17BrClN3. The van der Waals surface area contributed by atoms with Crippen molar-refractivity contribution in [2.45, 2.75) is 12.8 Å². The fourth-order valence-electron chi connectivity index (χ4n) is 3.43. The number of benzene rings is 2. The molecule has 1 aromatic heterocycles. The van der Waals surface area contributed by atoms with E-state index >= 15 is 0 Å². The highest BCUT2D eigenvalue weighted by atomic mass is 79.9. The summed E-state index contributed by atoms with van der Waals surface area (Å²) in [7, 11) is 0. The van der Waals surface area contributed by atoms with Gasteiger partial charge in [-0.1, -0.05) is 51.8 Å². The monoisotopic (exact) mass is 437 g/mol. The summed E-state index contributed by atoms with van der Waals surface area (Å²) in [5.74, 6) is 0.